The first-order chi connectivity index (χ1) is 14.5. The van der Waals surface area contributed by atoms with Crippen molar-refractivity contribution in [2.45, 2.75) is 40.5 Å². The second-order valence-corrected chi connectivity index (χ2v) is 7.12. The van der Waals surface area contributed by atoms with Crippen molar-refractivity contribution in [1.82, 2.24) is 0 Å². The molecule has 0 spiro atoms. The molecule has 0 aliphatic rings. The smallest absolute Gasteiger partial charge is 0.125 e. The fraction of sp³-hybridized carbons (Fsp3) is 0.400. The average molecular weight is 412 g/mol. The number of oxime groups is 1. The zero-order valence-electron chi connectivity index (χ0n) is 18.7. The van der Waals surface area contributed by atoms with E-state index in [1.807, 2.05) is 64.1 Å². The van der Waals surface area contributed by atoms with E-state index in [2.05, 4.69) is 17.3 Å². The van der Waals surface area contributed by atoms with Gasteiger partial charge in [-0.15, -0.1) is 0 Å². The Morgan fingerprint density at radius 3 is 2.23 bits per heavy atom. The molecular weight excluding hydrogens is 378 g/mol. The van der Waals surface area contributed by atoms with E-state index >= 15 is 0 Å². The van der Waals surface area contributed by atoms with Crippen LogP contribution in [0.1, 0.15) is 37.0 Å². The topological polar surface area (TPSA) is 49.3 Å². The number of allylic oxidation sites excluding steroid dienone is 1. The Morgan fingerprint density at radius 1 is 0.933 bits per heavy atom. The molecule has 0 bridgehead atoms. The van der Waals surface area contributed by atoms with Gasteiger partial charge in [-0.2, -0.15) is 0 Å². The number of hydrogen-bond donors (Lipinski definition) is 0. The molecule has 2 aromatic rings. The highest BCUT2D eigenvalue weighted by Gasteiger charge is 2.07. The lowest BCUT2D eigenvalue weighted by Gasteiger charge is -2.15. The molecule has 0 aliphatic heterocycles. The highest BCUT2D eigenvalue weighted by Crippen LogP contribution is 2.28. The second kappa shape index (κ2) is 12.6. The van der Waals surface area contributed by atoms with Gasteiger partial charge < -0.3 is 19.0 Å². The molecule has 0 aliphatic carbocycles. The molecule has 2 aromatic carbocycles. The van der Waals surface area contributed by atoms with Gasteiger partial charge in [0.2, 0.25) is 0 Å². The lowest BCUT2D eigenvalue weighted by Crippen LogP contribution is -2.10. The zero-order chi connectivity index (χ0) is 21.8. The van der Waals surface area contributed by atoms with Crippen molar-refractivity contribution < 1.29 is 19.0 Å². The van der Waals surface area contributed by atoms with Gasteiger partial charge in [-0.3, -0.25) is 0 Å². The van der Waals surface area contributed by atoms with Crippen LogP contribution in [0.5, 0.6) is 17.2 Å². The molecule has 0 N–H and O–H groups in total. The van der Waals surface area contributed by atoms with Crippen LogP contribution in [0.2, 0.25) is 0 Å². The Bertz CT molecular complexity index is 818. The Hall–Kier alpha value is -2.95. The summed E-state index contributed by atoms with van der Waals surface area (Å²) >= 11 is 0. The highest BCUT2D eigenvalue weighted by atomic mass is 16.6. The van der Waals surface area contributed by atoms with Crippen molar-refractivity contribution in [2.24, 2.45) is 5.16 Å². The summed E-state index contributed by atoms with van der Waals surface area (Å²) in [5.41, 5.74) is 4.34. The lowest BCUT2D eigenvalue weighted by molar-refractivity contribution is 0.212. The third-order valence-corrected chi connectivity index (χ3v) is 4.56. The minimum Gasteiger partial charge on any atom is -0.490 e. The molecule has 0 fully saturated rings. The van der Waals surface area contributed by atoms with Crippen LogP contribution in [0, 0.1) is 13.8 Å². The molecule has 0 saturated heterocycles. The fourth-order valence-corrected chi connectivity index (χ4v) is 3.04. The minimum atomic E-state index is 0.481. The second-order valence-electron chi connectivity index (χ2n) is 7.12. The Labute approximate surface area is 180 Å². The SMILES string of the molecule is C/C=C/COc1cc(C)c(OCCOc2ccc(CC/C(C)=N/OC)cc2)c(C)c1. The van der Waals surface area contributed by atoms with Gasteiger partial charge in [0.25, 0.3) is 0 Å². The molecule has 0 saturated carbocycles. The summed E-state index contributed by atoms with van der Waals surface area (Å²) in [7, 11) is 1.57. The van der Waals surface area contributed by atoms with Gasteiger partial charge in [0.15, 0.2) is 0 Å². The first-order valence-electron chi connectivity index (χ1n) is 10.3. The van der Waals surface area contributed by atoms with E-state index in [9.17, 15) is 0 Å². The standard InChI is InChI=1S/C25H33NO4/c1-6-7-14-28-24-17-19(2)25(20(3)18-24)30-16-15-29-23-12-10-22(11-13-23)9-8-21(4)26-27-5/h6-7,10-13,17-18H,8-9,14-16H2,1-5H3/b7-6+,26-21+. The van der Waals surface area contributed by atoms with Gasteiger partial charge in [0, 0.05) is 0 Å². The highest BCUT2D eigenvalue weighted by molar-refractivity contribution is 5.81. The molecule has 5 nitrogen and oxygen atoms in total. The van der Waals surface area contributed by atoms with Gasteiger partial charge >= 0.3 is 0 Å². The third-order valence-electron chi connectivity index (χ3n) is 4.56. The summed E-state index contributed by atoms with van der Waals surface area (Å²) in [6.07, 6.45) is 5.76. The molecule has 0 unspecified atom stereocenters. The molecule has 0 radical (unpaired) electrons. The maximum Gasteiger partial charge on any atom is 0.125 e. The summed E-state index contributed by atoms with van der Waals surface area (Å²) in [5, 5.41) is 3.93. The van der Waals surface area contributed by atoms with E-state index in [1.165, 1.54) is 5.56 Å². The Kier molecular flexibility index (Phi) is 9.78. The van der Waals surface area contributed by atoms with Crippen molar-refractivity contribution in [2.75, 3.05) is 26.9 Å². The molecule has 0 atom stereocenters. The van der Waals surface area contributed by atoms with Crippen molar-refractivity contribution in [3.8, 4) is 17.2 Å². The normalized spacial score (nSPS) is 11.6. The van der Waals surface area contributed by atoms with Crippen LogP contribution < -0.4 is 14.2 Å². The number of rotatable bonds is 12. The summed E-state index contributed by atoms with van der Waals surface area (Å²) in [6.45, 7) is 9.55. The quantitative estimate of drug-likeness (QED) is 0.195. The summed E-state index contributed by atoms with van der Waals surface area (Å²) in [4.78, 5) is 4.79. The van der Waals surface area contributed by atoms with Crippen molar-refractivity contribution >= 4 is 5.71 Å². The van der Waals surface area contributed by atoms with Gasteiger partial charge in [-0.25, -0.2) is 0 Å². The zero-order valence-corrected chi connectivity index (χ0v) is 18.7. The van der Waals surface area contributed by atoms with Crippen LogP contribution in [0.25, 0.3) is 0 Å². The number of aryl methyl sites for hydroxylation is 3. The molecule has 0 aromatic heterocycles. The monoisotopic (exact) mass is 411 g/mol. The first-order valence-corrected chi connectivity index (χ1v) is 10.3. The van der Waals surface area contributed by atoms with Gasteiger partial charge in [-0.1, -0.05) is 29.4 Å². The number of benzene rings is 2. The van der Waals surface area contributed by atoms with Gasteiger partial charge in [-0.05, 0) is 81.5 Å². The van der Waals surface area contributed by atoms with E-state index < -0.39 is 0 Å². The summed E-state index contributed by atoms with van der Waals surface area (Å²) < 4.78 is 17.5. The van der Waals surface area contributed by atoms with E-state index in [0.717, 1.165) is 46.9 Å². The average Bonchev–Trinajstić information content (AvgIpc) is 2.72. The maximum absolute atomic E-state index is 5.96. The summed E-state index contributed by atoms with van der Waals surface area (Å²) in [5.74, 6) is 2.58. The molecule has 0 amide bonds. The summed E-state index contributed by atoms with van der Waals surface area (Å²) in [6, 6.07) is 12.2. The molecule has 162 valence electrons. The van der Waals surface area contributed by atoms with Gasteiger partial charge in [0.05, 0.1) is 5.71 Å². The first kappa shape index (κ1) is 23.3. The van der Waals surface area contributed by atoms with Crippen LogP contribution in [-0.2, 0) is 11.3 Å². The largest absolute Gasteiger partial charge is 0.490 e. The molecule has 0 heterocycles. The van der Waals surface area contributed by atoms with Crippen molar-refractivity contribution in [1.29, 1.82) is 0 Å². The van der Waals surface area contributed by atoms with E-state index in [-0.39, 0.29) is 0 Å². The van der Waals surface area contributed by atoms with Crippen LogP contribution in [0.15, 0.2) is 53.7 Å². The third kappa shape index (κ3) is 7.82. The number of ether oxygens (including phenoxy) is 3. The molecule has 2 rings (SSSR count). The van der Waals surface area contributed by atoms with Crippen molar-refractivity contribution in [3.63, 3.8) is 0 Å². The van der Waals surface area contributed by atoms with Crippen LogP contribution in [0.4, 0.5) is 0 Å². The fourth-order valence-electron chi connectivity index (χ4n) is 3.04. The van der Waals surface area contributed by atoms with Crippen LogP contribution in [-0.4, -0.2) is 32.6 Å². The van der Waals surface area contributed by atoms with E-state index in [1.54, 1.807) is 7.11 Å². The molecule has 30 heavy (non-hydrogen) atoms. The van der Waals surface area contributed by atoms with E-state index in [0.29, 0.717) is 19.8 Å². The Balaban J connectivity index is 1.78. The van der Waals surface area contributed by atoms with Gasteiger partial charge in [0.1, 0.15) is 44.2 Å². The predicted molar refractivity (Wildman–Crippen MR) is 122 cm³/mol. The number of hydrogen-bond acceptors (Lipinski definition) is 5. The molecular formula is C25H33NO4. The Morgan fingerprint density at radius 2 is 1.60 bits per heavy atom. The minimum absolute atomic E-state index is 0.481. The predicted octanol–water partition coefficient (Wildman–Crippen LogP) is 5.67. The van der Waals surface area contributed by atoms with Crippen LogP contribution >= 0.6 is 0 Å². The molecule has 5 heteroatoms. The van der Waals surface area contributed by atoms with E-state index in [4.69, 9.17) is 19.0 Å². The number of nitrogens with zero attached hydrogens (tertiary/aromatic N) is 1. The van der Waals surface area contributed by atoms with Crippen LogP contribution in [0.3, 0.4) is 0 Å². The maximum atomic E-state index is 5.96. The van der Waals surface area contributed by atoms with Crippen molar-refractivity contribution in [3.05, 3.63) is 65.2 Å². The lowest BCUT2D eigenvalue weighted by atomic mass is 10.1.